The van der Waals surface area contributed by atoms with E-state index >= 15 is 0 Å². The van der Waals surface area contributed by atoms with Gasteiger partial charge in [0.25, 0.3) is 5.91 Å². The first kappa shape index (κ1) is 16.2. The van der Waals surface area contributed by atoms with Crippen LogP contribution in [0.2, 0.25) is 0 Å². The monoisotopic (exact) mass is 274 g/mol. The number of pyridine rings is 1. The quantitative estimate of drug-likeness (QED) is 0.807. The van der Waals surface area contributed by atoms with Gasteiger partial charge in [-0.1, -0.05) is 32.1 Å². The van der Waals surface area contributed by atoms with Crippen molar-refractivity contribution in [2.45, 2.75) is 39.7 Å². The van der Waals surface area contributed by atoms with Crippen LogP contribution in [0.3, 0.4) is 0 Å². The standard InChI is InChI=1S/C16H22N2O2/c1-4-12(2)11-13(3)18-16(20)15-14(8-6-10-19)7-5-9-17-15/h5,7,9,12-13,19H,4,10-11H2,1-3H3,(H,18,20). The topological polar surface area (TPSA) is 62.2 Å². The Hall–Kier alpha value is -1.86. The molecule has 0 aromatic carbocycles. The molecule has 0 fully saturated rings. The third kappa shape index (κ3) is 5.02. The number of nitrogens with one attached hydrogen (secondary N) is 1. The molecule has 2 N–H and O–H groups in total. The fraction of sp³-hybridized carbons (Fsp3) is 0.500. The van der Waals surface area contributed by atoms with Crippen molar-refractivity contribution in [3.05, 3.63) is 29.6 Å². The van der Waals surface area contributed by atoms with Gasteiger partial charge in [-0.05, 0) is 31.4 Å². The number of carbonyl (C=O) groups excluding carboxylic acids is 1. The van der Waals surface area contributed by atoms with Crippen molar-refractivity contribution in [1.82, 2.24) is 10.3 Å². The highest BCUT2D eigenvalue weighted by molar-refractivity contribution is 5.94. The molecule has 0 aliphatic carbocycles. The van der Waals surface area contributed by atoms with Crippen LogP contribution in [0.25, 0.3) is 0 Å². The van der Waals surface area contributed by atoms with Gasteiger partial charge in [0.05, 0.1) is 5.56 Å². The van der Waals surface area contributed by atoms with E-state index in [1.807, 2.05) is 6.92 Å². The molecule has 1 rings (SSSR count). The number of carbonyl (C=O) groups is 1. The second-order valence-corrected chi connectivity index (χ2v) is 4.98. The van der Waals surface area contributed by atoms with E-state index in [9.17, 15) is 4.79 Å². The summed E-state index contributed by atoms with van der Waals surface area (Å²) >= 11 is 0. The summed E-state index contributed by atoms with van der Waals surface area (Å²) in [6, 6.07) is 3.54. The van der Waals surface area contributed by atoms with Gasteiger partial charge >= 0.3 is 0 Å². The van der Waals surface area contributed by atoms with E-state index in [-0.39, 0.29) is 18.6 Å². The summed E-state index contributed by atoms with van der Waals surface area (Å²) in [5.74, 6) is 5.64. The second-order valence-electron chi connectivity index (χ2n) is 4.98. The van der Waals surface area contributed by atoms with Gasteiger partial charge in [0, 0.05) is 12.2 Å². The van der Waals surface area contributed by atoms with Crippen LogP contribution >= 0.6 is 0 Å². The third-order valence-electron chi connectivity index (χ3n) is 3.16. The summed E-state index contributed by atoms with van der Waals surface area (Å²) in [6.07, 6.45) is 3.60. The van der Waals surface area contributed by atoms with Crippen LogP contribution in [0.4, 0.5) is 0 Å². The van der Waals surface area contributed by atoms with Gasteiger partial charge in [-0.25, -0.2) is 4.98 Å². The SMILES string of the molecule is CCC(C)CC(C)NC(=O)c1ncccc1C#CCO. The average molecular weight is 274 g/mol. The van der Waals surface area contributed by atoms with Crippen LogP contribution in [0.5, 0.6) is 0 Å². The van der Waals surface area contributed by atoms with Crippen molar-refractivity contribution < 1.29 is 9.90 Å². The number of rotatable bonds is 5. The van der Waals surface area contributed by atoms with Crippen molar-refractivity contribution >= 4 is 5.91 Å². The Kier molecular flexibility index (Phi) is 6.75. The van der Waals surface area contributed by atoms with E-state index in [0.717, 1.165) is 12.8 Å². The highest BCUT2D eigenvalue weighted by Crippen LogP contribution is 2.10. The lowest BCUT2D eigenvalue weighted by atomic mass is 10.0. The molecular formula is C16H22N2O2. The van der Waals surface area contributed by atoms with Gasteiger partial charge in [0.15, 0.2) is 0 Å². The molecule has 1 amide bonds. The van der Waals surface area contributed by atoms with Crippen LogP contribution in [0.15, 0.2) is 18.3 Å². The van der Waals surface area contributed by atoms with Crippen molar-refractivity contribution in [2.75, 3.05) is 6.61 Å². The molecule has 108 valence electrons. The summed E-state index contributed by atoms with van der Waals surface area (Å²) in [5.41, 5.74) is 0.847. The fourth-order valence-electron chi connectivity index (χ4n) is 1.94. The van der Waals surface area contributed by atoms with Gasteiger partial charge in [-0.2, -0.15) is 0 Å². The Balaban J connectivity index is 2.77. The van der Waals surface area contributed by atoms with Gasteiger partial charge < -0.3 is 10.4 Å². The molecule has 1 aromatic heterocycles. The number of amides is 1. The predicted molar refractivity (Wildman–Crippen MR) is 79.2 cm³/mol. The van der Waals surface area contributed by atoms with Gasteiger partial charge in [0.2, 0.25) is 0 Å². The maximum Gasteiger partial charge on any atom is 0.271 e. The van der Waals surface area contributed by atoms with E-state index in [4.69, 9.17) is 5.11 Å². The first-order valence-corrected chi connectivity index (χ1v) is 6.94. The molecule has 0 aliphatic heterocycles. The Morgan fingerprint density at radius 2 is 2.25 bits per heavy atom. The predicted octanol–water partition coefficient (Wildman–Crippen LogP) is 1.98. The Labute approximate surface area is 120 Å². The lowest BCUT2D eigenvalue weighted by molar-refractivity contribution is 0.0930. The summed E-state index contributed by atoms with van der Waals surface area (Å²) in [4.78, 5) is 16.3. The summed E-state index contributed by atoms with van der Waals surface area (Å²) in [5, 5.41) is 11.7. The second kappa shape index (κ2) is 8.34. The lowest BCUT2D eigenvalue weighted by Crippen LogP contribution is -2.34. The van der Waals surface area contributed by atoms with Crippen molar-refractivity contribution in [3.63, 3.8) is 0 Å². The lowest BCUT2D eigenvalue weighted by Gasteiger charge is -2.17. The normalized spacial score (nSPS) is 13.0. The zero-order chi connectivity index (χ0) is 15.0. The zero-order valence-electron chi connectivity index (χ0n) is 12.3. The van der Waals surface area contributed by atoms with Crippen molar-refractivity contribution in [2.24, 2.45) is 5.92 Å². The first-order chi connectivity index (χ1) is 9.58. The molecular weight excluding hydrogens is 252 g/mol. The smallest absolute Gasteiger partial charge is 0.271 e. The Bertz CT molecular complexity index is 503. The molecule has 2 atom stereocenters. The first-order valence-electron chi connectivity index (χ1n) is 6.94. The minimum Gasteiger partial charge on any atom is -0.384 e. The maximum absolute atomic E-state index is 12.2. The largest absolute Gasteiger partial charge is 0.384 e. The summed E-state index contributed by atoms with van der Waals surface area (Å²) in [6.45, 7) is 6.06. The number of aliphatic hydroxyl groups is 1. The number of aromatic nitrogens is 1. The van der Waals surface area contributed by atoms with Crippen molar-refractivity contribution in [1.29, 1.82) is 0 Å². The highest BCUT2D eigenvalue weighted by atomic mass is 16.2. The molecule has 0 aliphatic rings. The van der Waals surface area contributed by atoms with E-state index in [0.29, 0.717) is 17.2 Å². The van der Waals surface area contributed by atoms with Crippen molar-refractivity contribution in [3.8, 4) is 11.8 Å². The molecule has 4 heteroatoms. The molecule has 1 aromatic rings. The molecule has 0 bridgehead atoms. The highest BCUT2D eigenvalue weighted by Gasteiger charge is 2.15. The van der Waals surface area contributed by atoms with Crippen LogP contribution in [0, 0.1) is 17.8 Å². The average Bonchev–Trinajstić information content (AvgIpc) is 2.44. The van der Waals surface area contributed by atoms with Gasteiger partial charge in [0.1, 0.15) is 12.3 Å². The molecule has 0 spiro atoms. The van der Waals surface area contributed by atoms with E-state index in [1.165, 1.54) is 0 Å². The molecule has 2 unspecified atom stereocenters. The van der Waals surface area contributed by atoms with E-state index in [1.54, 1.807) is 18.3 Å². The van der Waals surface area contributed by atoms with Gasteiger partial charge in [-0.3, -0.25) is 4.79 Å². The number of hydrogen-bond donors (Lipinski definition) is 2. The fourth-order valence-corrected chi connectivity index (χ4v) is 1.94. The molecule has 0 radical (unpaired) electrons. The van der Waals surface area contributed by atoms with Crippen LogP contribution in [-0.2, 0) is 0 Å². The maximum atomic E-state index is 12.2. The number of aliphatic hydroxyl groups excluding tert-OH is 1. The van der Waals surface area contributed by atoms with E-state index < -0.39 is 0 Å². The van der Waals surface area contributed by atoms with Crippen LogP contribution < -0.4 is 5.32 Å². The van der Waals surface area contributed by atoms with Crippen LogP contribution in [0.1, 0.15) is 49.7 Å². The minimum absolute atomic E-state index is 0.0955. The number of nitrogens with zero attached hydrogens (tertiary/aromatic N) is 1. The summed E-state index contributed by atoms with van der Waals surface area (Å²) < 4.78 is 0. The molecule has 20 heavy (non-hydrogen) atoms. The zero-order valence-corrected chi connectivity index (χ0v) is 12.3. The number of hydrogen-bond acceptors (Lipinski definition) is 3. The Morgan fingerprint density at radius 3 is 2.90 bits per heavy atom. The Morgan fingerprint density at radius 1 is 1.50 bits per heavy atom. The molecule has 0 saturated carbocycles. The van der Waals surface area contributed by atoms with E-state index in [2.05, 4.69) is 36.0 Å². The van der Waals surface area contributed by atoms with Gasteiger partial charge in [-0.15, -0.1) is 0 Å². The minimum atomic E-state index is -0.236. The summed E-state index contributed by atoms with van der Waals surface area (Å²) in [7, 11) is 0. The molecule has 0 saturated heterocycles. The molecule has 1 heterocycles. The van der Waals surface area contributed by atoms with Crippen LogP contribution in [-0.4, -0.2) is 28.6 Å². The molecule has 4 nitrogen and oxygen atoms in total. The third-order valence-corrected chi connectivity index (χ3v) is 3.16.